The van der Waals surface area contributed by atoms with Gasteiger partial charge < -0.3 is 24.2 Å². The number of methoxy groups -OCH3 is 1. The van der Waals surface area contributed by atoms with Gasteiger partial charge in [-0.25, -0.2) is 0 Å². The monoisotopic (exact) mass is 461 g/mol. The van der Waals surface area contributed by atoms with Crippen molar-refractivity contribution in [2.24, 2.45) is 7.05 Å². The minimum atomic E-state index is -0.448. The van der Waals surface area contributed by atoms with Crippen LogP contribution < -0.4 is 4.74 Å². The molecule has 2 amide bonds. The van der Waals surface area contributed by atoms with Crippen molar-refractivity contribution in [1.29, 1.82) is 0 Å². The second-order valence-electron chi connectivity index (χ2n) is 9.47. The minimum Gasteiger partial charge on any atom is -0.497 e. The van der Waals surface area contributed by atoms with Crippen molar-refractivity contribution in [3.63, 3.8) is 0 Å². The first-order chi connectivity index (χ1) is 16.4. The summed E-state index contributed by atoms with van der Waals surface area (Å²) in [5, 5.41) is 11.6. The quantitative estimate of drug-likeness (QED) is 0.634. The number of benzene rings is 2. The highest BCUT2D eigenvalue weighted by molar-refractivity contribution is 5.91. The Kier molecular flexibility index (Phi) is 5.60. The van der Waals surface area contributed by atoms with Gasteiger partial charge >= 0.3 is 0 Å². The zero-order valence-electron chi connectivity index (χ0n) is 20.0. The van der Waals surface area contributed by atoms with Gasteiger partial charge in [-0.3, -0.25) is 9.59 Å². The summed E-state index contributed by atoms with van der Waals surface area (Å²) >= 11 is 0. The molecule has 0 radical (unpaired) electrons. The molecule has 1 N–H and O–H groups in total. The molecule has 0 aliphatic carbocycles. The van der Waals surface area contributed by atoms with E-state index in [0.717, 1.165) is 33.5 Å². The summed E-state index contributed by atoms with van der Waals surface area (Å²) < 4.78 is 7.55. The Morgan fingerprint density at radius 2 is 1.82 bits per heavy atom. The van der Waals surface area contributed by atoms with Crippen LogP contribution in [0.4, 0.5) is 0 Å². The summed E-state index contributed by atoms with van der Waals surface area (Å²) in [4.78, 5) is 29.7. The summed E-state index contributed by atoms with van der Waals surface area (Å²) in [7, 11) is 3.63. The van der Waals surface area contributed by atoms with Crippen molar-refractivity contribution in [2.45, 2.75) is 31.2 Å². The molecule has 2 aliphatic rings. The molecule has 2 aliphatic heterocycles. The van der Waals surface area contributed by atoms with Gasteiger partial charge in [0.1, 0.15) is 5.75 Å². The first-order valence-electron chi connectivity index (χ1n) is 11.8. The largest absolute Gasteiger partial charge is 0.497 e. The van der Waals surface area contributed by atoms with Gasteiger partial charge in [-0.2, -0.15) is 0 Å². The SMILES string of the molecule is CCC(=O)N1CC2(C1)CN(C(=O)Cc1ccccc1)[C@H](CO)c1c2c2ccc(OC)cc2n1C. The Labute approximate surface area is 199 Å². The minimum absolute atomic E-state index is 0.0154. The lowest BCUT2D eigenvalue weighted by Gasteiger charge is -2.56. The molecule has 1 atom stereocenters. The molecule has 3 heterocycles. The number of carbonyl (C=O) groups is 2. The van der Waals surface area contributed by atoms with E-state index in [9.17, 15) is 14.7 Å². The van der Waals surface area contributed by atoms with Crippen LogP contribution in [-0.2, 0) is 28.5 Å². The number of rotatable bonds is 5. The Balaban J connectivity index is 1.62. The number of carbonyl (C=O) groups excluding carboxylic acids is 2. The lowest BCUT2D eigenvalue weighted by molar-refractivity contribution is -0.145. The topological polar surface area (TPSA) is 75.0 Å². The first-order valence-corrected chi connectivity index (χ1v) is 11.8. The molecule has 34 heavy (non-hydrogen) atoms. The zero-order chi connectivity index (χ0) is 24.0. The summed E-state index contributed by atoms with van der Waals surface area (Å²) in [5.74, 6) is 0.868. The van der Waals surface area contributed by atoms with E-state index < -0.39 is 6.04 Å². The van der Waals surface area contributed by atoms with E-state index in [1.165, 1.54) is 0 Å². The molecule has 178 valence electrons. The van der Waals surface area contributed by atoms with Gasteiger partial charge in [0, 0.05) is 50.2 Å². The van der Waals surface area contributed by atoms with E-state index in [1.807, 2.05) is 66.2 Å². The smallest absolute Gasteiger partial charge is 0.227 e. The number of aliphatic hydroxyl groups is 1. The Hall–Kier alpha value is -3.32. The molecule has 0 unspecified atom stereocenters. The Morgan fingerprint density at radius 3 is 2.47 bits per heavy atom. The van der Waals surface area contributed by atoms with Gasteiger partial charge in [0.25, 0.3) is 0 Å². The molecule has 1 saturated heterocycles. The second-order valence-corrected chi connectivity index (χ2v) is 9.47. The normalized spacial score (nSPS) is 18.6. The molecule has 5 rings (SSSR count). The Bertz CT molecular complexity index is 1240. The average Bonchev–Trinajstić information content (AvgIpc) is 3.14. The summed E-state index contributed by atoms with van der Waals surface area (Å²) in [6.07, 6.45) is 0.740. The fraction of sp³-hybridized carbons (Fsp3) is 0.407. The molecule has 7 nitrogen and oxygen atoms in total. The van der Waals surface area contributed by atoms with Gasteiger partial charge in [0.05, 0.1) is 37.1 Å². The van der Waals surface area contributed by atoms with Crippen LogP contribution in [0.3, 0.4) is 0 Å². The van der Waals surface area contributed by atoms with Crippen molar-refractivity contribution in [1.82, 2.24) is 14.4 Å². The van der Waals surface area contributed by atoms with E-state index in [4.69, 9.17) is 4.74 Å². The maximum absolute atomic E-state index is 13.6. The molecule has 3 aromatic rings. The number of hydrogen-bond donors (Lipinski definition) is 1. The number of likely N-dealkylation sites (tertiary alicyclic amines) is 1. The van der Waals surface area contributed by atoms with E-state index in [1.54, 1.807) is 7.11 Å². The van der Waals surface area contributed by atoms with Crippen LogP contribution in [0.2, 0.25) is 0 Å². The summed E-state index contributed by atoms with van der Waals surface area (Å²) in [6, 6.07) is 15.3. The standard InChI is InChI=1S/C27H31N3O4/c1-4-23(32)29-15-27(16-29)17-30(24(33)12-18-8-6-5-7-9-18)22(14-31)26-25(27)20-11-10-19(34-3)13-21(20)28(26)2/h5-11,13,22,31H,4,12,14-17H2,1-3H3/t22-/m1/s1. The highest BCUT2D eigenvalue weighted by atomic mass is 16.5. The van der Waals surface area contributed by atoms with Crippen molar-refractivity contribution in [3.8, 4) is 5.75 Å². The van der Waals surface area contributed by atoms with Crippen molar-refractivity contribution in [3.05, 3.63) is 65.4 Å². The molecular weight excluding hydrogens is 430 g/mol. The number of fused-ring (bicyclic) bond motifs is 4. The summed E-state index contributed by atoms with van der Waals surface area (Å²) in [5.41, 5.74) is 3.69. The van der Waals surface area contributed by atoms with Gasteiger partial charge in [-0.1, -0.05) is 37.3 Å². The van der Waals surface area contributed by atoms with Crippen LogP contribution in [0.1, 0.15) is 36.2 Å². The van der Waals surface area contributed by atoms with Gasteiger partial charge in [0.15, 0.2) is 0 Å². The van der Waals surface area contributed by atoms with Gasteiger partial charge in [-0.15, -0.1) is 0 Å². The Morgan fingerprint density at radius 1 is 1.09 bits per heavy atom. The van der Waals surface area contributed by atoms with E-state index in [2.05, 4.69) is 10.6 Å². The molecule has 1 aromatic heterocycles. The maximum atomic E-state index is 13.6. The number of aliphatic hydroxyl groups excluding tert-OH is 1. The van der Waals surface area contributed by atoms with E-state index >= 15 is 0 Å². The molecule has 7 heteroatoms. The summed E-state index contributed by atoms with van der Waals surface area (Å²) in [6.45, 7) is 3.34. The third-order valence-corrected chi connectivity index (χ3v) is 7.48. The number of ether oxygens (including phenoxy) is 1. The highest BCUT2D eigenvalue weighted by Crippen LogP contribution is 2.49. The van der Waals surface area contributed by atoms with E-state index in [0.29, 0.717) is 26.1 Å². The number of hydrogen-bond acceptors (Lipinski definition) is 4. The van der Waals surface area contributed by atoms with Gasteiger partial charge in [0.2, 0.25) is 11.8 Å². The molecule has 2 aromatic carbocycles. The second kappa shape index (κ2) is 8.47. The lowest BCUT2D eigenvalue weighted by Crippen LogP contribution is -2.68. The van der Waals surface area contributed by atoms with Crippen LogP contribution >= 0.6 is 0 Å². The molecular formula is C27H31N3O4. The fourth-order valence-electron chi connectivity index (χ4n) is 5.83. The van der Waals surface area contributed by atoms with Crippen molar-refractivity contribution < 1.29 is 19.4 Å². The number of amides is 2. The first kappa shape index (κ1) is 22.5. The average molecular weight is 462 g/mol. The molecule has 1 spiro atoms. The van der Waals surface area contributed by atoms with Crippen molar-refractivity contribution >= 4 is 22.7 Å². The molecule has 0 saturated carbocycles. The molecule has 1 fully saturated rings. The zero-order valence-corrected chi connectivity index (χ0v) is 20.0. The third kappa shape index (κ3) is 3.38. The fourth-order valence-corrected chi connectivity index (χ4v) is 5.83. The number of aryl methyl sites for hydroxylation is 1. The number of aromatic nitrogens is 1. The lowest BCUT2D eigenvalue weighted by atomic mass is 9.68. The van der Waals surface area contributed by atoms with Crippen LogP contribution in [0, 0.1) is 0 Å². The van der Waals surface area contributed by atoms with Crippen molar-refractivity contribution in [2.75, 3.05) is 33.4 Å². The van der Waals surface area contributed by atoms with Crippen LogP contribution in [0.25, 0.3) is 10.9 Å². The van der Waals surface area contributed by atoms with E-state index in [-0.39, 0.29) is 30.3 Å². The van der Waals surface area contributed by atoms with Crippen LogP contribution in [-0.4, -0.2) is 64.6 Å². The predicted molar refractivity (Wildman–Crippen MR) is 130 cm³/mol. The maximum Gasteiger partial charge on any atom is 0.227 e. The predicted octanol–water partition coefficient (Wildman–Crippen LogP) is 2.80. The molecule has 0 bridgehead atoms. The number of nitrogens with zero attached hydrogens (tertiary/aromatic N) is 3. The third-order valence-electron chi connectivity index (χ3n) is 7.48. The van der Waals surface area contributed by atoms with Crippen LogP contribution in [0.5, 0.6) is 5.75 Å². The van der Waals surface area contributed by atoms with Crippen LogP contribution in [0.15, 0.2) is 48.5 Å². The highest BCUT2D eigenvalue weighted by Gasteiger charge is 2.55. The van der Waals surface area contributed by atoms with Gasteiger partial charge in [-0.05, 0) is 23.3 Å².